The number of hydrogen-bond donors (Lipinski definition) is 0. The fraction of sp³-hybridized carbons (Fsp3) is 0.542. The second kappa shape index (κ2) is 10.8. The van der Waals surface area contributed by atoms with E-state index in [2.05, 4.69) is 0 Å². The molecule has 2 rings (SSSR count). The van der Waals surface area contributed by atoms with E-state index in [1.807, 2.05) is 47.6 Å². The standard InChI is InChI=1S/C24H33ClO5/c1-7-12-27-19-17-11-10-16(25)15-18(17)20(30-23(26)24(4,5)6)22(29-14-9-3)21(19)28-13-8-2/h10-11,15H,7-9,12-14H2,1-6H3. The van der Waals surface area contributed by atoms with Gasteiger partial charge in [-0.15, -0.1) is 0 Å². The Morgan fingerprint density at radius 1 is 0.800 bits per heavy atom. The highest BCUT2D eigenvalue weighted by molar-refractivity contribution is 6.31. The molecular formula is C24H33ClO5. The number of carbonyl (C=O) groups is 1. The van der Waals surface area contributed by atoms with E-state index in [9.17, 15) is 4.79 Å². The zero-order valence-corrected chi connectivity index (χ0v) is 19.6. The third kappa shape index (κ3) is 5.72. The maximum absolute atomic E-state index is 12.8. The van der Waals surface area contributed by atoms with Gasteiger partial charge in [0.15, 0.2) is 11.5 Å². The number of halogens is 1. The Labute approximate surface area is 184 Å². The van der Waals surface area contributed by atoms with Crippen molar-refractivity contribution in [2.24, 2.45) is 5.41 Å². The number of rotatable bonds is 10. The molecular weight excluding hydrogens is 404 g/mol. The van der Waals surface area contributed by atoms with E-state index < -0.39 is 5.41 Å². The first-order valence-corrected chi connectivity index (χ1v) is 11.0. The Morgan fingerprint density at radius 2 is 1.30 bits per heavy atom. The van der Waals surface area contributed by atoms with Gasteiger partial charge in [-0.1, -0.05) is 32.4 Å². The molecule has 0 aromatic heterocycles. The van der Waals surface area contributed by atoms with Gasteiger partial charge in [0.1, 0.15) is 0 Å². The van der Waals surface area contributed by atoms with E-state index in [1.54, 1.807) is 12.1 Å². The molecule has 0 saturated heterocycles. The van der Waals surface area contributed by atoms with Crippen LogP contribution in [0.5, 0.6) is 23.0 Å². The molecule has 0 aliphatic carbocycles. The van der Waals surface area contributed by atoms with E-state index in [4.69, 9.17) is 30.5 Å². The van der Waals surface area contributed by atoms with Crippen LogP contribution in [0.4, 0.5) is 0 Å². The number of hydrogen-bond acceptors (Lipinski definition) is 5. The lowest BCUT2D eigenvalue weighted by molar-refractivity contribution is -0.143. The van der Waals surface area contributed by atoms with Gasteiger partial charge in [-0.2, -0.15) is 0 Å². The van der Waals surface area contributed by atoms with Crippen LogP contribution in [0.25, 0.3) is 10.8 Å². The van der Waals surface area contributed by atoms with Gasteiger partial charge in [0, 0.05) is 15.8 Å². The van der Waals surface area contributed by atoms with Crippen LogP contribution in [0.2, 0.25) is 5.02 Å². The van der Waals surface area contributed by atoms with Crippen LogP contribution in [-0.2, 0) is 4.79 Å². The van der Waals surface area contributed by atoms with Gasteiger partial charge < -0.3 is 18.9 Å². The van der Waals surface area contributed by atoms with Gasteiger partial charge in [0.2, 0.25) is 11.5 Å². The molecule has 5 nitrogen and oxygen atoms in total. The first-order valence-electron chi connectivity index (χ1n) is 10.6. The Morgan fingerprint density at radius 3 is 1.80 bits per heavy atom. The molecule has 166 valence electrons. The summed E-state index contributed by atoms with van der Waals surface area (Å²) in [7, 11) is 0. The summed E-state index contributed by atoms with van der Waals surface area (Å²) in [4.78, 5) is 12.8. The lowest BCUT2D eigenvalue weighted by Crippen LogP contribution is -2.26. The lowest BCUT2D eigenvalue weighted by atomic mass is 9.97. The average molecular weight is 437 g/mol. The fourth-order valence-corrected chi connectivity index (χ4v) is 2.89. The van der Waals surface area contributed by atoms with Crippen molar-refractivity contribution < 1.29 is 23.7 Å². The van der Waals surface area contributed by atoms with E-state index in [-0.39, 0.29) is 5.97 Å². The van der Waals surface area contributed by atoms with Crippen molar-refractivity contribution in [3.05, 3.63) is 23.2 Å². The molecule has 0 spiro atoms. The smallest absolute Gasteiger partial charge is 0.316 e. The number of esters is 1. The van der Waals surface area contributed by atoms with Crippen LogP contribution in [0.15, 0.2) is 18.2 Å². The highest BCUT2D eigenvalue weighted by Gasteiger charge is 2.30. The summed E-state index contributed by atoms with van der Waals surface area (Å²) in [6, 6.07) is 5.41. The second-order valence-electron chi connectivity index (χ2n) is 8.19. The Hall–Kier alpha value is -2.14. The number of carbonyl (C=O) groups excluding carboxylic acids is 1. The number of ether oxygens (including phenoxy) is 4. The van der Waals surface area contributed by atoms with Crippen molar-refractivity contribution in [2.45, 2.75) is 60.8 Å². The van der Waals surface area contributed by atoms with Gasteiger partial charge >= 0.3 is 5.97 Å². The van der Waals surface area contributed by atoms with Crippen molar-refractivity contribution in [2.75, 3.05) is 19.8 Å². The minimum Gasteiger partial charge on any atom is -0.489 e. The molecule has 30 heavy (non-hydrogen) atoms. The first kappa shape index (κ1) is 24.1. The van der Waals surface area contributed by atoms with Crippen molar-refractivity contribution in [1.29, 1.82) is 0 Å². The summed E-state index contributed by atoms with van der Waals surface area (Å²) in [5.74, 6) is 1.37. The fourth-order valence-electron chi connectivity index (χ4n) is 2.72. The normalized spacial score (nSPS) is 11.4. The summed E-state index contributed by atoms with van der Waals surface area (Å²) >= 11 is 6.30. The van der Waals surface area contributed by atoms with E-state index in [0.29, 0.717) is 53.2 Å². The molecule has 0 aliphatic heterocycles. The minimum absolute atomic E-state index is 0.316. The van der Waals surface area contributed by atoms with Gasteiger partial charge in [-0.3, -0.25) is 4.79 Å². The Bertz CT molecular complexity index is 870. The highest BCUT2D eigenvalue weighted by atomic mass is 35.5. The molecule has 0 fully saturated rings. The topological polar surface area (TPSA) is 54.0 Å². The molecule has 6 heteroatoms. The zero-order chi connectivity index (χ0) is 22.3. The van der Waals surface area contributed by atoms with Gasteiger partial charge in [0.25, 0.3) is 0 Å². The molecule has 0 amide bonds. The molecule has 2 aromatic rings. The molecule has 0 bridgehead atoms. The molecule has 0 saturated carbocycles. The van der Waals surface area contributed by atoms with Gasteiger partial charge in [-0.25, -0.2) is 0 Å². The van der Waals surface area contributed by atoms with Crippen LogP contribution in [0, 0.1) is 5.41 Å². The highest BCUT2D eigenvalue weighted by Crippen LogP contribution is 2.52. The van der Waals surface area contributed by atoms with Crippen LogP contribution in [0.3, 0.4) is 0 Å². The zero-order valence-electron chi connectivity index (χ0n) is 18.9. The van der Waals surface area contributed by atoms with Crippen LogP contribution < -0.4 is 18.9 Å². The quantitative estimate of drug-likeness (QED) is 0.302. The third-order valence-corrected chi connectivity index (χ3v) is 4.48. The van der Waals surface area contributed by atoms with Crippen LogP contribution >= 0.6 is 11.6 Å². The SMILES string of the molecule is CCCOc1c(OCCC)c(OC(=O)C(C)(C)C)c2cc(Cl)ccc2c1OCCC. The van der Waals surface area contributed by atoms with Crippen molar-refractivity contribution in [3.8, 4) is 23.0 Å². The summed E-state index contributed by atoms with van der Waals surface area (Å²) in [5.41, 5.74) is -0.686. The Balaban J connectivity index is 2.83. The van der Waals surface area contributed by atoms with Crippen LogP contribution in [0.1, 0.15) is 60.8 Å². The summed E-state index contributed by atoms with van der Waals surface area (Å²) in [5, 5.41) is 1.95. The summed E-state index contributed by atoms with van der Waals surface area (Å²) in [6.45, 7) is 13.0. The third-order valence-electron chi connectivity index (χ3n) is 4.25. The predicted octanol–water partition coefficient (Wildman–Crippen LogP) is 6.81. The molecule has 0 aliphatic rings. The molecule has 2 aromatic carbocycles. The van der Waals surface area contributed by atoms with Gasteiger partial charge in [-0.05, 0) is 58.2 Å². The molecule has 0 heterocycles. The van der Waals surface area contributed by atoms with E-state index in [1.165, 1.54) is 0 Å². The maximum atomic E-state index is 12.8. The van der Waals surface area contributed by atoms with Crippen molar-refractivity contribution in [3.63, 3.8) is 0 Å². The van der Waals surface area contributed by atoms with Crippen molar-refractivity contribution >= 4 is 28.3 Å². The van der Waals surface area contributed by atoms with E-state index in [0.717, 1.165) is 24.6 Å². The Kier molecular flexibility index (Phi) is 8.65. The molecule has 0 atom stereocenters. The average Bonchev–Trinajstić information content (AvgIpc) is 2.69. The number of fused-ring (bicyclic) bond motifs is 1. The largest absolute Gasteiger partial charge is 0.489 e. The summed E-state index contributed by atoms with van der Waals surface area (Å²) in [6.07, 6.45) is 2.45. The van der Waals surface area contributed by atoms with Crippen LogP contribution in [-0.4, -0.2) is 25.8 Å². The monoisotopic (exact) mass is 436 g/mol. The predicted molar refractivity (Wildman–Crippen MR) is 121 cm³/mol. The number of benzene rings is 2. The molecule has 0 unspecified atom stereocenters. The van der Waals surface area contributed by atoms with E-state index >= 15 is 0 Å². The molecule has 0 N–H and O–H groups in total. The lowest BCUT2D eigenvalue weighted by Gasteiger charge is -2.24. The second-order valence-corrected chi connectivity index (χ2v) is 8.63. The summed E-state index contributed by atoms with van der Waals surface area (Å²) < 4.78 is 24.1. The van der Waals surface area contributed by atoms with Crippen molar-refractivity contribution in [1.82, 2.24) is 0 Å². The minimum atomic E-state index is -0.686. The first-order chi connectivity index (χ1) is 14.2. The van der Waals surface area contributed by atoms with Gasteiger partial charge in [0.05, 0.1) is 25.2 Å². The maximum Gasteiger partial charge on any atom is 0.316 e. The molecule has 0 radical (unpaired) electrons.